The summed E-state index contributed by atoms with van der Waals surface area (Å²) >= 11 is 6.00. The third-order valence-electron chi connectivity index (χ3n) is 7.59. The first-order valence-electron chi connectivity index (χ1n) is 13.1. The highest BCUT2D eigenvalue weighted by Gasteiger charge is 2.24. The number of rotatable bonds is 8. The van der Waals surface area contributed by atoms with Crippen LogP contribution < -0.4 is 5.32 Å². The second-order valence-electron chi connectivity index (χ2n) is 9.98. The lowest BCUT2D eigenvalue weighted by molar-refractivity contribution is 0.0779. The molecule has 1 N–H and O–H groups in total. The Morgan fingerprint density at radius 1 is 1.00 bits per heavy atom. The third kappa shape index (κ3) is 6.24. The maximum atomic E-state index is 12.8. The molecule has 2 fully saturated rings. The molecule has 6 nitrogen and oxygen atoms in total. The lowest BCUT2D eigenvalue weighted by Gasteiger charge is -2.40. The van der Waals surface area contributed by atoms with Gasteiger partial charge in [-0.3, -0.25) is 14.4 Å². The lowest BCUT2D eigenvalue weighted by atomic mass is 9.94. The van der Waals surface area contributed by atoms with Crippen molar-refractivity contribution in [3.8, 4) is 0 Å². The standard InChI is InChI=1S/C28H36ClN5O/c29-25-11-7-22(8-12-25)21-34-27-19-23(9-10-24(27)20-31-34)28(35)30-13-4-14-32-15-17-33(18-16-32)26-5-2-1-3-6-26/h7-12,19-20,26H,1-6,13-18,21H2,(H,30,35). The van der Waals surface area contributed by atoms with Gasteiger partial charge in [0.2, 0.25) is 0 Å². The first-order chi connectivity index (χ1) is 17.2. The number of aromatic nitrogens is 2. The molecule has 0 bridgehead atoms. The number of nitrogens with one attached hydrogen (secondary N) is 1. The number of fused-ring (bicyclic) bond motifs is 1. The van der Waals surface area contributed by atoms with Gasteiger partial charge >= 0.3 is 0 Å². The van der Waals surface area contributed by atoms with Crippen molar-refractivity contribution in [1.82, 2.24) is 24.9 Å². The van der Waals surface area contributed by atoms with E-state index in [9.17, 15) is 4.79 Å². The monoisotopic (exact) mass is 493 g/mol. The maximum Gasteiger partial charge on any atom is 0.251 e. The zero-order valence-corrected chi connectivity index (χ0v) is 21.2. The fraction of sp³-hybridized carbons (Fsp3) is 0.500. The van der Waals surface area contributed by atoms with Crippen molar-refractivity contribution in [2.45, 2.75) is 51.1 Å². The molecule has 1 aliphatic heterocycles. The second-order valence-corrected chi connectivity index (χ2v) is 10.4. The van der Waals surface area contributed by atoms with Crippen molar-refractivity contribution in [2.75, 3.05) is 39.3 Å². The normalized spacial score (nSPS) is 18.2. The molecule has 2 heterocycles. The Balaban J connectivity index is 1.08. The highest BCUT2D eigenvalue weighted by Crippen LogP contribution is 2.23. The fourth-order valence-corrected chi connectivity index (χ4v) is 5.63. The van der Waals surface area contributed by atoms with Gasteiger partial charge in [-0.25, -0.2) is 0 Å². The van der Waals surface area contributed by atoms with Crippen molar-refractivity contribution in [3.05, 3.63) is 64.8 Å². The van der Waals surface area contributed by atoms with Gasteiger partial charge in [0.15, 0.2) is 0 Å². The Labute approximate surface area is 213 Å². The Morgan fingerprint density at radius 2 is 1.77 bits per heavy atom. The predicted molar refractivity (Wildman–Crippen MR) is 142 cm³/mol. The van der Waals surface area contributed by atoms with Gasteiger partial charge in [-0.2, -0.15) is 5.10 Å². The zero-order valence-electron chi connectivity index (χ0n) is 20.5. The van der Waals surface area contributed by atoms with E-state index in [1.807, 2.05) is 53.3 Å². The smallest absolute Gasteiger partial charge is 0.251 e. The number of carbonyl (C=O) groups excluding carboxylic acids is 1. The number of halogens is 1. The van der Waals surface area contributed by atoms with E-state index in [0.717, 1.165) is 53.6 Å². The van der Waals surface area contributed by atoms with Crippen molar-refractivity contribution in [2.24, 2.45) is 0 Å². The Morgan fingerprint density at radius 3 is 2.54 bits per heavy atom. The van der Waals surface area contributed by atoms with Gasteiger partial charge in [0.05, 0.1) is 18.3 Å². The molecule has 0 atom stereocenters. The van der Waals surface area contributed by atoms with Crippen LogP contribution >= 0.6 is 11.6 Å². The van der Waals surface area contributed by atoms with Crippen LogP contribution in [0.25, 0.3) is 10.9 Å². The molecular weight excluding hydrogens is 458 g/mol. The van der Waals surface area contributed by atoms with Crippen molar-refractivity contribution in [3.63, 3.8) is 0 Å². The topological polar surface area (TPSA) is 53.4 Å². The van der Waals surface area contributed by atoms with Crippen LogP contribution in [0.4, 0.5) is 0 Å². The van der Waals surface area contributed by atoms with Crippen LogP contribution in [0.3, 0.4) is 0 Å². The maximum absolute atomic E-state index is 12.8. The van der Waals surface area contributed by atoms with Crippen LogP contribution in [0, 0.1) is 0 Å². The van der Waals surface area contributed by atoms with Gasteiger partial charge in [0.1, 0.15) is 0 Å². The van der Waals surface area contributed by atoms with E-state index in [1.165, 1.54) is 45.2 Å². The molecular formula is C28H36ClN5O. The quantitative estimate of drug-likeness (QED) is 0.457. The summed E-state index contributed by atoms with van der Waals surface area (Å²) in [6.45, 7) is 7.08. The summed E-state index contributed by atoms with van der Waals surface area (Å²) < 4.78 is 1.93. The van der Waals surface area contributed by atoms with Crippen LogP contribution in [0.15, 0.2) is 48.7 Å². The molecule has 1 saturated heterocycles. The summed E-state index contributed by atoms with van der Waals surface area (Å²) in [4.78, 5) is 18.1. The molecule has 1 amide bonds. The minimum Gasteiger partial charge on any atom is -0.352 e. The molecule has 0 unspecified atom stereocenters. The van der Waals surface area contributed by atoms with Crippen molar-refractivity contribution < 1.29 is 4.79 Å². The number of hydrogen-bond acceptors (Lipinski definition) is 4. The van der Waals surface area contributed by atoms with Crippen LogP contribution in [-0.2, 0) is 6.54 Å². The van der Waals surface area contributed by atoms with E-state index in [0.29, 0.717) is 18.7 Å². The number of benzene rings is 2. The minimum absolute atomic E-state index is 0.0201. The molecule has 1 aromatic heterocycles. The predicted octanol–water partition coefficient (Wildman–Crippen LogP) is 4.81. The van der Waals surface area contributed by atoms with Crippen molar-refractivity contribution >= 4 is 28.4 Å². The van der Waals surface area contributed by atoms with Crippen LogP contribution in [-0.4, -0.2) is 70.8 Å². The van der Waals surface area contributed by atoms with Crippen LogP contribution in [0.5, 0.6) is 0 Å². The summed E-state index contributed by atoms with van der Waals surface area (Å²) in [5.74, 6) is -0.0201. The summed E-state index contributed by atoms with van der Waals surface area (Å²) in [7, 11) is 0. The van der Waals surface area contributed by atoms with Crippen molar-refractivity contribution in [1.29, 1.82) is 0 Å². The molecule has 3 aromatic rings. The number of carbonyl (C=O) groups is 1. The molecule has 1 saturated carbocycles. The average Bonchev–Trinajstić information content (AvgIpc) is 3.30. The minimum atomic E-state index is -0.0201. The molecule has 7 heteroatoms. The van der Waals surface area contributed by atoms with Crippen LogP contribution in [0.2, 0.25) is 5.02 Å². The summed E-state index contributed by atoms with van der Waals surface area (Å²) in [5.41, 5.74) is 2.76. The summed E-state index contributed by atoms with van der Waals surface area (Å²) in [6, 6.07) is 14.4. The van der Waals surface area contributed by atoms with Gasteiger partial charge in [-0.15, -0.1) is 0 Å². The molecule has 0 radical (unpaired) electrons. The number of nitrogens with zero attached hydrogens (tertiary/aromatic N) is 4. The summed E-state index contributed by atoms with van der Waals surface area (Å²) in [6.07, 6.45) is 9.83. The molecule has 0 spiro atoms. The fourth-order valence-electron chi connectivity index (χ4n) is 5.51. The highest BCUT2D eigenvalue weighted by molar-refractivity contribution is 6.30. The van der Waals surface area contributed by atoms with Gasteiger partial charge in [-0.1, -0.05) is 49.1 Å². The van der Waals surface area contributed by atoms with Crippen LogP contribution in [0.1, 0.15) is 54.4 Å². The SMILES string of the molecule is O=C(NCCCN1CCN(C2CCCCC2)CC1)c1ccc2cnn(Cc3ccc(Cl)cc3)c2c1. The zero-order chi connectivity index (χ0) is 24.0. The number of hydrogen-bond donors (Lipinski definition) is 1. The lowest BCUT2D eigenvalue weighted by Crippen LogP contribution is -2.51. The van der Waals surface area contributed by atoms with Gasteiger partial charge in [0.25, 0.3) is 5.91 Å². The average molecular weight is 494 g/mol. The van der Waals surface area contributed by atoms with E-state index in [4.69, 9.17) is 11.6 Å². The number of amides is 1. The molecule has 186 valence electrons. The van der Waals surface area contributed by atoms with Gasteiger partial charge in [-0.05, 0) is 55.6 Å². The Kier molecular flexibility index (Phi) is 8.02. The molecule has 1 aliphatic carbocycles. The Bertz CT molecular complexity index is 1110. The van der Waals surface area contributed by atoms with E-state index in [2.05, 4.69) is 20.2 Å². The molecule has 2 aromatic carbocycles. The summed E-state index contributed by atoms with van der Waals surface area (Å²) in [5, 5.41) is 9.38. The molecule has 2 aliphatic rings. The molecule has 35 heavy (non-hydrogen) atoms. The first kappa shape index (κ1) is 24.3. The van der Waals surface area contributed by atoms with Gasteiger partial charge < -0.3 is 10.2 Å². The third-order valence-corrected chi connectivity index (χ3v) is 7.84. The molecule has 5 rings (SSSR count). The van der Waals surface area contributed by atoms with E-state index in [-0.39, 0.29) is 5.91 Å². The first-order valence-corrected chi connectivity index (χ1v) is 13.5. The van der Waals surface area contributed by atoms with E-state index < -0.39 is 0 Å². The Hall–Kier alpha value is -2.41. The highest BCUT2D eigenvalue weighted by atomic mass is 35.5. The second kappa shape index (κ2) is 11.5. The largest absolute Gasteiger partial charge is 0.352 e. The van der Waals surface area contributed by atoms with Gasteiger partial charge in [0, 0.05) is 54.7 Å². The van der Waals surface area contributed by atoms with E-state index >= 15 is 0 Å². The van der Waals surface area contributed by atoms with E-state index in [1.54, 1.807) is 0 Å². The number of piperazine rings is 1.